The first-order chi connectivity index (χ1) is 10.0. The van der Waals surface area contributed by atoms with Crippen LogP contribution in [-0.2, 0) is 9.59 Å². The maximum absolute atomic E-state index is 13.6. The van der Waals surface area contributed by atoms with Crippen LogP contribution in [0.2, 0.25) is 0 Å². The minimum Gasteiger partial charge on any atom is -0.347 e. The molecule has 1 aliphatic carbocycles. The fourth-order valence-electron chi connectivity index (χ4n) is 2.18. The Kier molecular flexibility index (Phi) is 4.53. The number of hydrogen-bond acceptors (Lipinski definition) is 2. The molecule has 0 radical (unpaired) electrons. The van der Waals surface area contributed by atoms with Gasteiger partial charge in [0.1, 0.15) is 11.6 Å². The highest BCUT2D eigenvalue weighted by Crippen LogP contribution is 2.49. The Bertz CT molecular complexity index is 590. The zero-order chi connectivity index (χ0) is 15.4. The predicted octanol–water partition coefficient (Wildman–Crippen LogP) is 0.934. The molecule has 2 atom stereocenters. The highest BCUT2D eigenvalue weighted by atomic mass is 19.1. The van der Waals surface area contributed by atoms with Gasteiger partial charge in [0.15, 0.2) is 0 Å². The van der Waals surface area contributed by atoms with Gasteiger partial charge in [-0.3, -0.25) is 9.59 Å². The average Bonchev–Trinajstić information content (AvgIpc) is 3.22. The van der Waals surface area contributed by atoms with E-state index in [0.717, 1.165) is 0 Å². The molecule has 0 saturated heterocycles. The quantitative estimate of drug-likeness (QED) is 0.793. The lowest BCUT2D eigenvalue weighted by molar-refractivity contribution is -0.126. The van der Waals surface area contributed by atoms with Gasteiger partial charge in [0.25, 0.3) is 0 Å². The maximum Gasteiger partial charge on any atom is 0.240 e. The summed E-state index contributed by atoms with van der Waals surface area (Å²) >= 11 is 0. The minimum atomic E-state index is -0.651. The summed E-state index contributed by atoms with van der Waals surface area (Å²) in [6.45, 7) is -0.120. The van der Waals surface area contributed by atoms with Crippen LogP contribution in [0.15, 0.2) is 18.2 Å². The molecule has 0 spiro atoms. The van der Waals surface area contributed by atoms with Gasteiger partial charge in [-0.05, 0) is 18.6 Å². The smallest absolute Gasteiger partial charge is 0.240 e. The molecule has 6 heteroatoms. The lowest BCUT2D eigenvalue weighted by Gasteiger charge is -2.06. The molecule has 1 aromatic carbocycles. The summed E-state index contributed by atoms with van der Waals surface area (Å²) < 4.78 is 27.2. The fourth-order valence-corrected chi connectivity index (χ4v) is 2.18. The second kappa shape index (κ2) is 6.35. The van der Waals surface area contributed by atoms with Crippen molar-refractivity contribution in [3.05, 3.63) is 35.4 Å². The largest absolute Gasteiger partial charge is 0.347 e. The molecule has 2 rings (SSSR count). The zero-order valence-electron chi connectivity index (χ0n) is 11.2. The van der Waals surface area contributed by atoms with Crippen molar-refractivity contribution in [1.29, 1.82) is 0 Å². The normalized spacial score (nSPS) is 19.5. The summed E-state index contributed by atoms with van der Waals surface area (Å²) in [6, 6.07) is 3.61. The van der Waals surface area contributed by atoms with E-state index in [1.165, 1.54) is 18.2 Å². The first kappa shape index (κ1) is 15.0. The molecule has 1 aliphatic rings. The number of halogens is 2. The third-order valence-electron chi connectivity index (χ3n) is 3.31. The number of rotatable bonds is 5. The highest BCUT2D eigenvalue weighted by Gasteiger charge is 2.46. The summed E-state index contributed by atoms with van der Waals surface area (Å²) in [7, 11) is 0. The standard InChI is InChI=1S/C15H14F2N2O2/c1-2-6-18-13(20)8-19-15(21)10-7-9(10)14-11(16)4-3-5-12(14)17/h1,3-5,9-10H,6-8H2,(H,18,20)(H,19,21)/t9-,10-/m1/s1. The summed E-state index contributed by atoms with van der Waals surface area (Å²) in [5.74, 6) is -0.840. The van der Waals surface area contributed by atoms with Crippen LogP contribution in [0.4, 0.5) is 8.78 Å². The van der Waals surface area contributed by atoms with Gasteiger partial charge in [-0.25, -0.2) is 8.78 Å². The van der Waals surface area contributed by atoms with Gasteiger partial charge in [0.2, 0.25) is 11.8 Å². The molecular weight excluding hydrogens is 278 g/mol. The second-order valence-corrected chi connectivity index (χ2v) is 4.78. The van der Waals surface area contributed by atoms with Crippen LogP contribution in [0, 0.1) is 29.9 Å². The Morgan fingerprint density at radius 3 is 2.57 bits per heavy atom. The summed E-state index contributed by atoms with van der Waals surface area (Å²) in [5, 5.41) is 4.83. The van der Waals surface area contributed by atoms with E-state index in [2.05, 4.69) is 16.6 Å². The summed E-state index contributed by atoms with van der Waals surface area (Å²) in [4.78, 5) is 23.1. The number of benzene rings is 1. The van der Waals surface area contributed by atoms with Crippen LogP contribution < -0.4 is 10.6 Å². The molecule has 2 amide bonds. The van der Waals surface area contributed by atoms with Gasteiger partial charge >= 0.3 is 0 Å². The van der Waals surface area contributed by atoms with Crippen molar-refractivity contribution in [2.75, 3.05) is 13.1 Å². The van der Waals surface area contributed by atoms with Crippen molar-refractivity contribution < 1.29 is 18.4 Å². The molecule has 0 heterocycles. The maximum atomic E-state index is 13.6. The Balaban J connectivity index is 1.87. The van der Waals surface area contributed by atoms with Crippen molar-refractivity contribution in [1.82, 2.24) is 10.6 Å². The Morgan fingerprint density at radius 2 is 1.95 bits per heavy atom. The van der Waals surface area contributed by atoms with Gasteiger partial charge in [-0.1, -0.05) is 12.0 Å². The van der Waals surface area contributed by atoms with Crippen LogP contribution in [0.5, 0.6) is 0 Å². The molecule has 0 bridgehead atoms. The van der Waals surface area contributed by atoms with E-state index >= 15 is 0 Å². The molecule has 21 heavy (non-hydrogen) atoms. The topological polar surface area (TPSA) is 58.2 Å². The molecule has 110 valence electrons. The lowest BCUT2D eigenvalue weighted by atomic mass is 10.1. The van der Waals surface area contributed by atoms with Gasteiger partial charge in [-0.15, -0.1) is 6.42 Å². The van der Waals surface area contributed by atoms with Crippen LogP contribution >= 0.6 is 0 Å². The number of carbonyl (C=O) groups is 2. The van der Waals surface area contributed by atoms with Gasteiger partial charge < -0.3 is 10.6 Å². The third-order valence-corrected chi connectivity index (χ3v) is 3.31. The summed E-state index contributed by atoms with van der Waals surface area (Å²) in [6.07, 6.45) is 5.35. The van der Waals surface area contributed by atoms with Gasteiger partial charge in [0, 0.05) is 17.4 Å². The van der Waals surface area contributed by atoms with Crippen LogP contribution in [0.25, 0.3) is 0 Å². The monoisotopic (exact) mass is 292 g/mol. The van der Waals surface area contributed by atoms with Crippen molar-refractivity contribution in [3.8, 4) is 12.3 Å². The molecule has 0 unspecified atom stereocenters. The van der Waals surface area contributed by atoms with E-state index in [1.54, 1.807) is 0 Å². The zero-order valence-corrected chi connectivity index (χ0v) is 11.2. The third kappa shape index (κ3) is 3.57. The van der Waals surface area contributed by atoms with Crippen molar-refractivity contribution in [2.24, 2.45) is 5.92 Å². The molecule has 2 N–H and O–H groups in total. The Labute approximate surface area is 120 Å². The number of hydrogen-bond donors (Lipinski definition) is 2. The van der Waals surface area contributed by atoms with Crippen molar-refractivity contribution in [3.63, 3.8) is 0 Å². The number of terminal acetylenes is 1. The van der Waals surface area contributed by atoms with Crippen molar-refractivity contribution >= 4 is 11.8 Å². The Morgan fingerprint density at radius 1 is 1.29 bits per heavy atom. The molecular formula is C15H14F2N2O2. The van der Waals surface area contributed by atoms with E-state index in [0.29, 0.717) is 6.42 Å². The van der Waals surface area contributed by atoms with Crippen LogP contribution in [-0.4, -0.2) is 24.9 Å². The summed E-state index contributed by atoms with van der Waals surface area (Å²) in [5.41, 5.74) is -0.0607. The predicted molar refractivity (Wildman–Crippen MR) is 72.1 cm³/mol. The second-order valence-electron chi connectivity index (χ2n) is 4.78. The molecule has 1 saturated carbocycles. The molecule has 1 aromatic rings. The molecule has 0 aromatic heterocycles. The van der Waals surface area contributed by atoms with E-state index in [4.69, 9.17) is 6.42 Å². The van der Waals surface area contributed by atoms with E-state index in [-0.39, 0.29) is 18.7 Å². The number of carbonyl (C=O) groups excluding carboxylic acids is 2. The Hall–Kier alpha value is -2.42. The van der Waals surface area contributed by atoms with E-state index in [9.17, 15) is 18.4 Å². The molecule has 4 nitrogen and oxygen atoms in total. The fraction of sp³-hybridized carbons (Fsp3) is 0.333. The van der Waals surface area contributed by atoms with E-state index in [1.807, 2.05) is 0 Å². The minimum absolute atomic E-state index is 0.0607. The first-order valence-electron chi connectivity index (χ1n) is 6.46. The number of amides is 2. The van der Waals surface area contributed by atoms with Crippen molar-refractivity contribution in [2.45, 2.75) is 12.3 Å². The van der Waals surface area contributed by atoms with Crippen LogP contribution in [0.3, 0.4) is 0 Å². The van der Waals surface area contributed by atoms with Crippen LogP contribution in [0.1, 0.15) is 17.9 Å². The van der Waals surface area contributed by atoms with Gasteiger partial charge in [0.05, 0.1) is 13.1 Å². The first-order valence-corrected chi connectivity index (χ1v) is 6.46. The lowest BCUT2D eigenvalue weighted by Crippen LogP contribution is -2.37. The highest BCUT2D eigenvalue weighted by molar-refractivity contribution is 5.88. The van der Waals surface area contributed by atoms with E-state index < -0.39 is 35.3 Å². The average molecular weight is 292 g/mol. The number of nitrogens with one attached hydrogen (secondary N) is 2. The molecule has 0 aliphatic heterocycles. The molecule has 1 fully saturated rings. The van der Waals surface area contributed by atoms with Gasteiger partial charge in [-0.2, -0.15) is 0 Å². The SMILES string of the molecule is C#CCNC(=O)CNC(=O)[C@@H]1C[C@H]1c1c(F)cccc1F.